The van der Waals surface area contributed by atoms with E-state index in [0.29, 0.717) is 12.2 Å². The van der Waals surface area contributed by atoms with Crippen molar-refractivity contribution in [2.45, 2.75) is 12.5 Å². The molecule has 1 aromatic heterocycles. The number of ether oxygens (including phenoxy) is 2. The molecule has 1 amide bonds. The number of aromatic nitrogens is 4. The molecule has 0 radical (unpaired) electrons. The lowest BCUT2D eigenvalue weighted by molar-refractivity contribution is -0.135. The number of tetrazole rings is 1. The molecule has 2 heterocycles. The van der Waals surface area contributed by atoms with E-state index in [1.54, 1.807) is 28.9 Å². The minimum atomic E-state index is -0.249. The van der Waals surface area contributed by atoms with Crippen molar-refractivity contribution in [3.05, 3.63) is 108 Å². The Morgan fingerprint density at radius 2 is 1.68 bits per heavy atom. The number of carbonyl (C=O) groups excluding carboxylic acids is 1. The number of hydrogen-bond acceptors (Lipinski definition) is 7. The van der Waals surface area contributed by atoms with Crippen LogP contribution in [0, 0.1) is 0 Å². The third-order valence-electron chi connectivity index (χ3n) is 6.56. The lowest BCUT2D eigenvalue weighted by Gasteiger charge is -2.22. The quantitative estimate of drug-likeness (QED) is 0.322. The van der Waals surface area contributed by atoms with Crippen LogP contribution in [0.1, 0.15) is 23.6 Å². The number of rotatable bonds is 7. The van der Waals surface area contributed by atoms with Gasteiger partial charge in [-0.25, -0.2) is 9.69 Å². The van der Waals surface area contributed by atoms with Crippen molar-refractivity contribution in [1.82, 2.24) is 25.2 Å². The van der Waals surface area contributed by atoms with Crippen molar-refractivity contribution in [3.8, 4) is 17.2 Å². The largest absolute Gasteiger partial charge is 0.497 e. The molecule has 9 heteroatoms. The van der Waals surface area contributed by atoms with Gasteiger partial charge in [-0.05, 0) is 74.8 Å². The van der Waals surface area contributed by atoms with Crippen LogP contribution in [0.3, 0.4) is 0 Å². The molecule has 1 aliphatic heterocycles. The first-order valence-corrected chi connectivity index (χ1v) is 12.2. The minimum absolute atomic E-state index is 0.147. The molecular formula is C29H24N6O3. The zero-order valence-electron chi connectivity index (χ0n) is 20.6. The fourth-order valence-electron chi connectivity index (χ4n) is 4.56. The predicted molar refractivity (Wildman–Crippen MR) is 142 cm³/mol. The molecule has 1 atom stereocenters. The summed E-state index contributed by atoms with van der Waals surface area (Å²) in [5.41, 5.74) is 3.62. The van der Waals surface area contributed by atoms with Gasteiger partial charge >= 0.3 is 0 Å². The molecular weight excluding hydrogens is 480 g/mol. The second kappa shape index (κ2) is 10.1. The van der Waals surface area contributed by atoms with Crippen LogP contribution in [0.4, 0.5) is 0 Å². The smallest absolute Gasteiger partial charge is 0.281 e. The Morgan fingerprint density at radius 3 is 2.42 bits per heavy atom. The second-order valence-corrected chi connectivity index (χ2v) is 8.88. The van der Waals surface area contributed by atoms with Crippen LogP contribution in [0.5, 0.6) is 11.5 Å². The number of fused-ring (bicyclic) bond motifs is 1. The standard InChI is InChI=1S/C29H24N6O3/c1-37-25-12-8-21(9-13-25)28-17-27(23-7-6-20-4-2-3-5-22(20)16-23)31-35(28)29(36)18-38-26-14-10-24(11-15-26)34-19-30-32-33-34/h2-16,19,28H,17-18H2,1H3. The van der Waals surface area contributed by atoms with E-state index >= 15 is 0 Å². The summed E-state index contributed by atoms with van der Waals surface area (Å²) < 4.78 is 12.7. The molecule has 38 heavy (non-hydrogen) atoms. The summed E-state index contributed by atoms with van der Waals surface area (Å²) in [6, 6.07) is 29.2. The average Bonchev–Trinajstić information content (AvgIpc) is 3.67. The van der Waals surface area contributed by atoms with Gasteiger partial charge in [-0.3, -0.25) is 4.79 Å². The molecule has 9 nitrogen and oxygen atoms in total. The first-order chi connectivity index (χ1) is 18.7. The van der Waals surface area contributed by atoms with Crippen molar-refractivity contribution in [3.63, 3.8) is 0 Å². The fraction of sp³-hybridized carbons (Fsp3) is 0.138. The van der Waals surface area contributed by atoms with Crippen LogP contribution >= 0.6 is 0 Å². The summed E-state index contributed by atoms with van der Waals surface area (Å²) in [6.45, 7) is -0.147. The lowest BCUT2D eigenvalue weighted by atomic mass is 9.97. The van der Waals surface area contributed by atoms with Gasteiger partial charge in [0.1, 0.15) is 17.8 Å². The van der Waals surface area contributed by atoms with Crippen LogP contribution in [0.2, 0.25) is 0 Å². The molecule has 0 saturated carbocycles. The van der Waals surface area contributed by atoms with Gasteiger partial charge in [-0.1, -0.05) is 48.5 Å². The van der Waals surface area contributed by atoms with Crippen LogP contribution < -0.4 is 9.47 Å². The van der Waals surface area contributed by atoms with Crippen molar-refractivity contribution >= 4 is 22.4 Å². The van der Waals surface area contributed by atoms with E-state index in [4.69, 9.17) is 14.6 Å². The van der Waals surface area contributed by atoms with Crippen molar-refractivity contribution in [2.75, 3.05) is 13.7 Å². The first-order valence-electron chi connectivity index (χ1n) is 12.2. The molecule has 0 saturated heterocycles. The molecule has 1 aliphatic rings. The highest BCUT2D eigenvalue weighted by Crippen LogP contribution is 2.34. The SMILES string of the molecule is COc1ccc(C2CC(c3ccc4ccccc4c3)=NN2C(=O)COc2ccc(-n3cnnn3)cc2)cc1. The Labute approximate surface area is 218 Å². The number of hydrazone groups is 1. The molecule has 1 unspecified atom stereocenters. The van der Waals surface area contributed by atoms with Gasteiger partial charge in [0.25, 0.3) is 5.91 Å². The zero-order chi connectivity index (χ0) is 25.9. The summed E-state index contributed by atoms with van der Waals surface area (Å²) in [4.78, 5) is 13.4. The predicted octanol–water partition coefficient (Wildman–Crippen LogP) is 4.58. The van der Waals surface area contributed by atoms with Gasteiger partial charge in [-0.15, -0.1) is 5.10 Å². The average molecular weight is 505 g/mol. The molecule has 5 aromatic rings. The van der Waals surface area contributed by atoms with Crippen LogP contribution in [0.15, 0.2) is 102 Å². The maximum absolute atomic E-state index is 13.4. The molecule has 6 rings (SSSR count). The lowest BCUT2D eigenvalue weighted by Crippen LogP contribution is -2.31. The summed E-state index contributed by atoms with van der Waals surface area (Å²) >= 11 is 0. The van der Waals surface area contributed by atoms with Crippen LogP contribution in [-0.2, 0) is 4.79 Å². The monoisotopic (exact) mass is 504 g/mol. The highest BCUT2D eigenvalue weighted by Gasteiger charge is 2.33. The van der Waals surface area contributed by atoms with Crippen LogP contribution in [0.25, 0.3) is 16.5 Å². The molecule has 0 aliphatic carbocycles. The summed E-state index contributed by atoms with van der Waals surface area (Å²) in [6.07, 6.45) is 2.11. The Morgan fingerprint density at radius 1 is 0.921 bits per heavy atom. The number of methoxy groups -OCH3 is 1. The summed E-state index contributed by atoms with van der Waals surface area (Å²) in [5, 5.41) is 19.8. The Balaban J connectivity index is 1.24. The number of carbonyl (C=O) groups is 1. The molecule has 4 aromatic carbocycles. The van der Waals surface area contributed by atoms with E-state index in [0.717, 1.165) is 39.0 Å². The molecule has 0 fully saturated rings. The first kappa shape index (κ1) is 23.4. The Kier molecular flexibility index (Phi) is 6.23. The van der Waals surface area contributed by atoms with Gasteiger partial charge in [-0.2, -0.15) is 5.10 Å². The maximum Gasteiger partial charge on any atom is 0.281 e. The zero-order valence-corrected chi connectivity index (χ0v) is 20.6. The van der Waals surface area contributed by atoms with Gasteiger partial charge in [0.15, 0.2) is 6.61 Å². The molecule has 0 bridgehead atoms. The number of nitrogens with zero attached hydrogens (tertiary/aromatic N) is 6. The van der Waals surface area contributed by atoms with E-state index in [9.17, 15) is 4.79 Å². The highest BCUT2D eigenvalue weighted by atomic mass is 16.5. The Bertz CT molecular complexity index is 1600. The van der Waals surface area contributed by atoms with E-state index in [-0.39, 0.29) is 18.6 Å². The topological polar surface area (TPSA) is 94.7 Å². The van der Waals surface area contributed by atoms with Gasteiger partial charge in [0.2, 0.25) is 0 Å². The third kappa shape index (κ3) is 4.69. The van der Waals surface area contributed by atoms with E-state index in [2.05, 4.69) is 45.9 Å². The molecule has 0 N–H and O–H groups in total. The molecule has 188 valence electrons. The highest BCUT2D eigenvalue weighted by molar-refractivity contribution is 6.05. The second-order valence-electron chi connectivity index (χ2n) is 8.88. The van der Waals surface area contributed by atoms with Crippen LogP contribution in [-0.4, -0.2) is 50.6 Å². The van der Waals surface area contributed by atoms with Crippen molar-refractivity contribution in [1.29, 1.82) is 0 Å². The van der Waals surface area contributed by atoms with E-state index in [1.807, 2.05) is 48.5 Å². The Hall–Kier alpha value is -5.05. The fourth-order valence-corrected chi connectivity index (χ4v) is 4.56. The van der Waals surface area contributed by atoms with E-state index in [1.165, 1.54) is 6.33 Å². The van der Waals surface area contributed by atoms with Crippen molar-refractivity contribution < 1.29 is 14.3 Å². The minimum Gasteiger partial charge on any atom is -0.497 e. The third-order valence-corrected chi connectivity index (χ3v) is 6.56. The van der Waals surface area contributed by atoms with Crippen molar-refractivity contribution in [2.24, 2.45) is 5.10 Å². The van der Waals surface area contributed by atoms with Gasteiger partial charge < -0.3 is 9.47 Å². The summed E-state index contributed by atoms with van der Waals surface area (Å²) in [7, 11) is 1.63. The number of amides is 1. The normalized spacial score (nSPS) is 14.9. The number of benzene rings is 4. The van der Waals surface area contributed by atoms with E-state index < -0.39 is 0 Å². The van der Waals surface area contributed by atoms with Gasteiger partial charge in [0, 0.05) is 6.42 Å². The number of hydrogen-bond donors (Lipinski definition) is 0. The maximum atomic E-state index is 13.4. The van der Waals surface area contributed by atoms with Gasteiger partial charge in [0.05, 0.1) is 24.6 Å². The summed E-state index contributed by atoms with van der Waals surface area (Å²) in [5.74, 6) is 1.09. The molecule has 0 spiro atoms.